The van der Waals surface area contributed by atoms with E-state index in [9.17, 15) is 5.11 Å². The zero-order valence-electron chi connectivity index (χ0n) is 9.00. The number of halogens is 1. The van der Waals surface area contributed by atoms with Crippen molar-refractivity contribution in [1.82, 2.24) is 0 Å². The first kappa shape index (κ1) is 12.1. The van der Waals surface area contributed by atoms with Gasteiger partial charge in [-0.15, -0.1) is 0 Å². The van der Waals surface area contributed by atoms with Gasteiger partial charge in [0.2, 0.25) is 0 Å². The predicted octanol–water partition coefficient (Wildman–Crippen LogP) is 2.35. The average molecular weight is 229 g/mol. The van der Waals surface area contributed by atoms with E-state index < -0.39 is 0 Å². The molecule has 1 aromatic carbocycles. The van der Waals surface area contributed by atoms with Crippen molar-refractivity contribution in [2.75, 3.05) is 17.6 Å². The first-order valence-corrected chi connectivity index (χ1v) is 5.35. The van der Waals surface area contributed by atoms with E-state index in [4.69, 9.17) is 17.3 Å². The number of benzene rings is 1. The quantitative estimate of drug-likeness (QED) is 0.694. The van der Waals surface area contributed by atoms with E-state index >= 15 is 0 Å². The van der Waals surface area contributed by atoms with Crippen LogP contribution in [0.4, 0.5) is 11.4 Å². The summed E-state index contributed by atoms with van der Waals surface area (Å²) in [5.41, 5.74) is 7.16. The SMILES string of the molecule is CC(C)C(O)CNc1ccc(Cl)cc1N. The van der Waals surface area contributed by atoms with Crippen LogP contribution in [0.2, 0.25) is 5.02 Å². The van der Waals surface area contributed by atoms with Gasteiger partial charge in [0.25, 0.3) is 0 Å². The summed E-state index contributed by atoms with van der Waals surface area (Å²) in [5, 5.41) is 13.3. The largest absolute Gasteiger partial charge is 0.397 e. The maximum atomic E-state index is 9.60. The van der Waals surface area contributed by atoms with Crippen molar-refractivity contribution in [1.29, 1.82) is 0 Å². The van der Waals surface area contributed by atoms with Gasteiger partial charge in [0, 0.05) is 11.6 Å². The van der Waals surface area contributed by atoms with Crippen molar-refractivity contribution < 1.29 is 5.11 Å². The van der Waals surface area contributed by atoms with E-state index in [-0.39, 0.29) is 12.0 Å². The average Bonchev–Trinajstić information content (AvgIpc) is 2.15. The number of nitrogen functional groups attached to an aromatic ring is 1. The van der Waals surface area contributed by atoms with Crippen LogP contribution in [0.15, 0.2) is 18.2 Å². The number of aliphatic hydroxyl groups is 1. The second-order valence-corrected chi connectivity index (χ2v) is 4.36. The first-order valence-electron chi connectivity index (χ1n) is 4.97. The first-order chi connectivity index (χ1) is 7.00. The molecule has 1 rings (SSSR count). The van der Waals surface area contributed by atoms with Gasteiger partial charge in [-0.2, -0.15) is 0 Å². The molecule has 0 radical (unpaired) electrons. The molecule has 0 spiro atoms. The third kappa shape index (κ3) is 3.61. The van der Waals surface area contributed by atoms with Crippen LogP contribution >= 0.6 is 11.6 Å². The lowest BCUT2D eigenvalue weighted by Gasteiger charge is -2.16. The van der Waals surface area contributed by atoms with Crippen LogP contribution < -0.4 is 11.1 Å². The molecule has 0 bridgehead atoms. The molecular weight excluding hydrogens is 212 g/mol. The smallest absolute Gasteiger partial charge is 0.0735 e. The molecule has 0 aliphatic rings. The number of nitrogens with one attached hydrogen (secondary N) is 1. The zero-order valence-corrected chi connectivity index (χ0v) is 9.75. The summed E-state index contributed by atoms with van der Waals surface area (Å²) in [6.07, 6.45) is -0.375. The topological polar surface area (TPSA) is 58.3 Å². The molecule has 84 valence electrons. The lowest BCUT2D eigenvalue weighted by atomic mass is 10.1. The zero-order chi connectivity index (χ0) is 11.4. The summed E-state index contributed by atoms with van der Waals surface area (Å²) >= 11 is 5.77. The van der Waals surface area contributed by atoms with Crippen molar-refractivity contribution in [3.05, 3.63) is 23.2 Å². The number of hydrogen-bond acceptors (Lipinski definition) is 3. The number of nitrogens with two attached hydrogens (primary N) is 1. The minimum atomic E-state index is -0.375. The standard InChI is InChI=1S/C11H17ClN2O/c1-7(2)11(15)6-14-10-4-3-8(12)5-9(10)13/h3-5,7,11,14-15H,6,13H2,1-2H3. The molecule has 1 atom stereocenters. The van der Waals surface area contributed by atoms with Crippen molar-refractivity contribution in [2.45, 2.75) is 20.0 Å². The lowest BCUT2D eigenvalue weighted by Crippen LogP contribution is -2.25. The van der Waals surface area contributed by atoms with E-state index in [0.29, 0.717) is 17.3 Å². The second kappa shape index (κ2) is 5.24. The number of rotatable bonds is 4. The van der Waals surface area contributed by atoms with Crippen molar-refractivity contribution in [3.63, 3.8) is 0 Å². The van der Waals surface area contributed by atoms with Crippen LogP contribution in [0.25, 0.3) is 0 Å². The Labute approximate surface area is 95.2 Å². The van der Waals surface area contributed by atoms with Gasteiger partial charge >= 0.3 is 0 Å². The Kier molecular flexibility index (Phi) is 4.24. The lowest BCUT2D eigenvalue weighted by molar-refractivity contribution is 0.138. The minimum Gasteiger partial charge on any atom is -0.397 e. The molecule has 0 saturated heterocycles. The highest BCUT2D eigenvalue weighted by molar-refractivity contribution is 6.31. The molecular formula is C11H17ClN2O. The van der Waals surface area contributed by atoms with E-state index in [0.717, 1.165) is 5.69 Å². The van der Waals surface area contributed by atoms with Gasteiger partial charge in [-0.25, -0.2) is 0 Å². The number of anilines is 2. The molecule has 0 aromatic heterocycles. The summed E-state index contributed by atoms with van der Waals surface area (Å²) in [6, 6.07) is 5.26. The molecule has 0 aliphatic heterocycles. The third-order valence-electron chi connectivity index (χ3n) is 2.28. The molecule has 0 saturated carbocycles. The molecule has 1 aromatic rings. The highest BCUT2D eigenvalue weighted by atomic mass is 35.5. The summed E-state index contributed by atoms with van der Waals surface area (Å²) in [5.74, 6) is 0.228. The van der Waals surface area contributed by atoms with Gasteiger partial charge in [0.05, 0.1) is 17.5 Å². The van der Waals surface area contributed by atoms with E-state index in [1.165, 1.54) is 0 Å². The number of aliphatic hydroxyl groups excluding tert-OH is 1. The summed E-state index contributed by atoms with van der Waals surface area (Å²) in [6.45, 7) is 4.43. The van der Waals surface area contributed by atoms with Crippen LogP contribution in [0.1, 0.15) is 13.8 Å². The monoisotopic (exact) mass is 228 g/mol. The maximum absolute atomic E-state index is 9.60. The Morgan fingerprint density at radius 1 is 1.47 bits per heavy atom. The predicted molar refractivity (Wildman–Crippen MR) is 65.2 cm³/mol. The highest BCUT2D eigenvalue weighted by Gasteiger charge is 2.09. The fourth-order valence-corrected chi connectivity index (χ4v) is 1.33. The molecule has 15 heavy (non-hydrogen) atoms. The normalized spacial score (nSPS) is 12.9. The van der Waals surface area contributed by atoms with Gasteiger partial charge in [-0.3, -0.25) is 0 Å². The molecule has 4 N–H and O–H groups in total. The van der Waals surface area contributed by atoms with E-state index in [1.807, 2.05) is 19.9 Å². The van der Waals surface area contributed by atoms with Crippen LogP contribution in [-0.2, 0) is 0 Å². The second-order valence-electron chi connectivity index (χ2n) is 3.92. The van der Waals surface area contributed by atoms with E-state index in [2.05, 4.69) is 5.32 Å². The molecule has 4 heteroatoms. The third-order valence-corrected chi connectivity index (χ3v) is 2.52. The fraction of sp³-hybridized carbons (Fsp3) is 0.455. The molecule has 1 unspecified atom stereocenters. The minimum absolute atomic E-state index is 0.228. The molecule has 0 amide bonds. The van der Waals surface area contributed by atoms with Gasteiger partial charge in [-0.1, -0.05) is 25.4 Å². The van der Waals surface area contributed by atoms with E-state index in [1.54, 1.807) is 12.1 Å². The maximum Gasteiger partial charge on any atom is 0.0735 e. The van der Waals surface area contributed by atoms with Crippen molar-refractivity contribution >= 4 is 23.0 Å². The highest BCUT2D eigenvalue weighted by Crippen LogP contribution is 2.22. The van der Waals surface area contributed by atoms with Gasteiger partial charge < -0.3 is 16.2 Å². The summed E-state index contributed by atoms with van der Waals surface area (Å²) < 4.78 is 0. The van der Waals surface area contributed by atoms with Crippen LogP contribution in [-0.4, -0.2) is 17.8 Å². The Balaban J connectivity index is 2.58. The fourth-order valence-electron chi connectivity index (χ4n) is 1.14. The van der Waals surface area contributed by atoms with Gasteiger partial charge in [0.15, 0.2) is 0 Å². The Morgan fingerprint density at radius 2 is 2.13 bits per heavy atom. The summed E-state index contributed by atoms with van der Waals surface area (Å²) in [7, 11) is 0. The van der Waals surface area contributed by atoms with Crippen LogP contribution in [0.3, 0.4) is 0 Å². The Bertz CT molecular complexity index is 328. The summed E-state index contributed by atoms with van der Waals surface area (Å²) in [4.78, 5) is 0. The molecule has 0 heterocycles. The van der Waals surface area contributed by atoms with Crippen molar-refractivity contribution in [2.24, 2.45) is 5.92 Å². The van der Waals surface area contributed by atoms with Crippen LogP contribution in [0.5, 0.6) is 0 Å². The van der Waals surface area contributed by atoms with Crippen molar-refractivity contribution in [3.8, 4) is 0 Å². The van der Waals surface area contributed by atoms with Crippen LogP contribution in [0, 0.1) is 5.92 Å². The Morgan fingerprint density at radius 3 is 2.67 bits per heavy atom. The molecule has 3 nitrogen and oxygen atoms in total. The molecule has 0 fully saturated rings. The Hall–Kier alpha value is -0.930. The number of hydrogen-bond donors (Lipinski definition) is 3. The van der Waals surface area contributed by atoms with Gasteiger partial charge in [-0.05, 0) is 24.1 Å². The van der Waals surface area contributed by atoms with Gasteiger partial charge in [0.1, 0.15) is 0 Å². The molecule has 0 aliphatic carbocycles.